The van der Waals surface area contributed by atoms with E-state index in [1.165, 1.54) is 12.4 Å². The number of anilines is 1. The van der Waals surface area contributed by atoms with E-state index in [1.54, 1.807) is 24.4 Å². The van der Waals surface area contributed by atoms with E-state index in [0.29, 0.717) is 23.9 Å². The summed E-state index contributed by atoms with van der Waals surface area (Å²) in [4.78, 5) is 24.5. The topological polar surface area (TPSA) is 84.7 Å². The lowest BCUT2D eigenvalue weighted by Crippen LogP contribution is -2.27. The summed E-state index contributed by atoms with van der Waals surface area (Å²) >= 11 is 5.83. The van der Waals surface area contributed by atoms with Crippen LogP contribution >= 0.6 is 11.6 Å². The molecule has 0 unspecified atom stereocenters. The quantitative estimate of drug-likeness (QED) is 0.485. The minimum absolute atomic E-state index is 0.163. The van der Waals surface area contributed by atoms with Crippen molar-refractivity contribution in [2.45, 2.75) is 6.92 Å². The van der Waals surface area contributed by atoms with Gasteiger partial charge >= 0.3 is 0 Å². The minimum atomic E-state index is -0.163. The molecule has 7 nitrogen and oxygen atoms in total. The molecule has 0 radical (unpaired) electrons. The molecule has 0 atom stereocenters. The Balaban J connectivity index is 1.45. The first kappa shape index (κ1) is 18.6. The lowest BCUT2D eigenvalue weighted by Gasteiger charge is -2.08. The third kappa shape index (κ3) is 5.39. The molecular weight excluding hydrogens is 364 g/mol. The number of carbonyl (C=O) groups is 1. The average molecular weight is 383 g/mol. The van der Waals surface area contributed by atoms with Crippen LogP contribution in [0.25, 0.3) is 11.9 Å². The number of nitrogens with zero attached hydrogens (tertiary/aromatic N) is 4. The van der Waals surface area contributed by atoms with Crippen LogP contribution in [0, 0.1) is 6.92 Å². The van der Waals surface area contributed by atoms with Crippen LogP contribution in [0.1, 0.15) is 11.4 Å². The van der Waals surface area contributed by atoms with Gasteiger partial charge in [0.15, 0.2) is 0 Å². The first-order valence-electron chi connectivity index (χ1n) is 8.39. The van der Waals surface area contributed by atoms with Crippen molar-refractivity contribution in [3.63, 3.8) is 0 Å². The molecule has 8 heteroatoms. The van der Waals surface area contributed by atoms with Gasteiger partial charge in [-0.3, -0.25) is 9.36 Å². The molecule has 27 heavy (non-hydrogen) atoms. The van der Waals surface area contributed by atoms with Gasteiger partial charge in [0, 0.05) is 42.6 Å². The number of halogens is 1. The van der Waals surface area contributed by atoms with Crippen molar-refractivity contribution in [2.75, 3.05) is 18.4 Å². The Bertz CT molecular complexity index is 935. The van der Waals surface area contributed by atoms with E-state index in [0.717, 1.165) is 17.2 Å². The van der Waals surface area contributed by atoms with Gasteiger partial charge in [0.1, 0.15) is 23.8 Å². The van der Waals surface area contributed by atoms with Crippen molar-refractivity contribution in [3.8, 4) is 5.82 Å². The number of benzene rings is 1. The predicted molar refractivity (Wildman–Crippen MR) is 106 cm³/mol. The molecule has 3 aromatic rings. The van der Waals surface area contributed by atoms with Crippen molar-refractivity contribution in [2.24, 2.45) is 0 Å². The molecule has 138 valence electrons. The fourth-order valence-electron chi connectivity index (χ4n) is 2.38. The summed E-state index contributed by atoms with van der Waals surface area (Å²) in [6.45, 7) is 2.91. The van der Waals surface area contributed by atoms with Crippen LogP contribution < -0.4 is 10.6 Å². The van der Waals surface area contributed by atoms with Gasteiger partial charge in [0.25, 0.3) is 0 Å². The highest BCUT2D eigenvalue weighted by molar-refractivity contribution is 6.30. The number of aromatic nitrogens is 4. The Labute approximate surface area is 162 Å². The Morgan fingerprint density at radius 1 is 1.19 bits per heavy atom. The predicted octanol–water partition coefficient (Wildman–Crippen LogP) is 2.87. The summed E-state index contributed by atoms with van der Waals surface area (Å²) in [6, 6.07) is 9.09. The fourth-order valence-corrected chi connectivity index (χ4v) is 2.50. The Morgan fingerprint density at radius 2 is 2.00 bits per heavy atom. The zero-order valence-corrected chi connectivity index (χ0v) is 15.5. The van der Waals surface area contributed by atoms with Gasteiger partial charge in [-0.25, -0.2) is 15.0 Å². The van der Waals surface area contributed by atoms with E-state index < -0.39 is 0 Å². The third-order valence-corrected chi connectivity index (χ3v) is 4.00. The second kappa shape index (κ2) is 8.95. The lowest BCUT2D eigenvalue weighted by molar-refractivity contribution is -0.116. The summed E-state index contributed by atoms with van der Waals surface area (Å²) < 4.78 is 1.87. The standard InChI is InChI=1S/C19H19ClN6O/c1-14-21-10-11-26(14)18-12-17(24-13-25-18)22-8-9-23-19(27)7-4-15-2-5-16(20)6-3-15/h2-7,10-13H,8-9H2,1H3,(H,23,27)(H,22,24,25)/b7-4+. The van der Waals surface area contributed by atoms with E-state index in [2.05, 4.69) is 25.6 Å². The monoisotopic (exact) mass is 382 g/mol. The maximum Gasteiger partial charge on any atom is 0.244 e. The van der Waals surface area contributed by atoms with Gasteiger partial charge < -0.3 is 10.6 Å². The number of carbonyl (C=O) groups excluding carboxylic acids is 1. The molecule has 2 N–H and O–H groups in total. The first-order chi connectivity index (χ1) is 13.1. The molecule has 0 bridgehead atoms. The molecule has 1 aromatic carbocycles. The molecular formula is C19H19ClN6O. The number of hydrogen-bond acceptors (Lipinski definition) is 5. The zero-order chi connectivity index (χ0) is 19.1. The molecule has 0 spiro atoms. The molecule has 2 aromatic heterocycles. The van der Waals surface area contributed by atoms with Crippen LogP contribution in [0.3, 0.4) is 0 Å². The molecule has 0 saturated carbocycles. The van der Waals surface area contributed by atoms with E-state index in [9.17, 15) is 4.79 Å². The SMILES string of the molecule is Cc1nccn1-c1cc(NCCNC(=O)/C=C/c2ccc(Cl)cc2)ncn1. The summed E-state index contributed by atoms with van der Waals surface area (Å²) in [7, 11) is 0. The molecule has 2 heterocycles. The van der Waals surface area contributed by atoms with Crippen molar-refractivity contribution in [3.05, 3.63) is 71.5 Å². The van der Waals surface area contributed by atoms with E-state index in [4.69, 9.17) is 11.6 Å². The van der Waals surface area contributed by atoms with Gasteiger partial charge in [-0.15, -0.1) is 0 Å². The van der Waals surface area contributed by atoms with Crippen molar-refractivity contribution in [1.29, 1.82) is 0 Å². The highest BCUT2D eigenvalue weighted by atomic mass is 35.5. The van der Waals surface area contributed by atoms with E-state index in [-0.39, 0.29) is 5.91 Å². The van der Waals surface area contributed by atoms with Crippen molar-refractivity contribution in [1.82, 2.24) is 24.8 Å². The van der Waals surface area contributed by atoms with E-state index >= 15 is 0 Å². The molecule has 0 aliphatic rings. The van der Waals surface area contributed by atoms with Gasteiger partial charge in [0.2, 0.25) is 5.91 Å². The number of nitrogens with one attached hydrogen (secondary N) is 2. The van der Waals surface area contributed by atoms with Crippen molar-refractivity contribution < 1.29 is 4.79 Å². The zero-order valence-electron chi connectivity index (χ0n) is 14.8. The fraction of sp³-hybridized carbons (Fsp3) is 0.158. The normalized spacial score (nSPS) is 10.9. The van der Waals surface area contributed by atoms with Crippen LogP contribution in [0.5, 0.6) is 0 Å². The molecule has 0 aliphatic heterocycles. The number of hydrogen-bond donors (Lipinski definition) is 2. The van der Waals surface area contributed by atoms with E-state index in [1.807, 2.05) is 35.9 Å². The van der Waals surface area contributed by atoms with Crippen LogP contribution in [-0.2, 0) is 4.79 Å². The average Bonchev–Trinajstić information content (AvgIpc) is 3.11. The summed E-state index contributed by atoms with van der Waals surface area (Å²) in [5.74, 6) is 2.10. The van der Waals surface area contributed by atoms with Crippen LogP contribution in [0.4, 0.5) is 5.82 Å². The summed E-state index contributed by atoms with van der Waals surface area (Å²) in [5.41, 5.74) is 0.913. The minimum Gasteiger partial charge on any atom is -0.368 e. The molecule has 0 saturated heterocycles. The maximum atomic E-state index is 11.9. The van der Waals surface area contributed by atoms with Crippen LogP contribution in [0.2, 0.25) is 5.02 Å². The highest BCUT2D eigenvalue weighted by Crippen LogP contribution is 2.11. The molecule has 0 aliphatic carbocycles. The molecule has 3 rings (SSSR count). The number of imidazole rings is 1. The Kier molecular flexibility index (Phi) is 6.17. The third-order valence-electron chi connectivity index (χ3n) is 3.75. The Hall–Kier alpha value is -3.19. The van der Waals surface area contributed by atoms with Gasteiger partial charge in [-0.05, 0) is 30.7 Å². The number of aryl methyl sites for hydroxylation is 1. The molecule has 1 amide bonds. The first-order valence-corrected chi connectivity index (χ1v) is 8.77. The highest BCUT2D eigenvalue weighted by Gasteiger charge is 2.03. The number of amides is 1. The maximum absolute atomic E-state index is 11.9. The second-order valence-electron chi connectivity index (χ2n) is 5.71. The largest absolute Gasteiger partial charge is 0.368 e. The van der Waals surface area contributed by atoms with Gasteiger partial charge in [-0.1, -0.05) is 23.7 Å². The summed E-state index contributed by atoms with van der Waals surface area (Å²) in [6.07, 6.45) is 8.29. The van der Waals surface area contributed by atoms with Crippen LogP contribution in [0.15, 0.2) is 55.1 Å². The Morgan fingerprint density at radius 3 is 2.74 bits per heavy atom. The summed E-state index contributed by atoms with van der Waals surface area (Å²) in [5, 5.41) is 6.64. The van der Waals surface area contributed by atoms with Crippen molar-refractivity contribution >= 4 is 29.4 Å². The smallest absolute Gasteiger partial charge is 0.244 e. The van der Waals surface area contributed by atoms with Gasteiger partial charge in [-0.2, -0.15) is 0 Å². The second-order valence-corrected chi connectivity index (χ2v) is 6.15. The molecule has 0 fully saturated rings. The van der Waals surface area contributed by atoms with Crippen LogP contribution in [-0.4, -0.2) is 38.5 Å². The number of rotatable bonds is 7. The van der Waals surface area contributed by atoms with Gasteiger partial charge in [0.05, 0.1) is 0 Å². The lowest BCUT2D eigenvalue weighted by atomic mass is 10.2.